The lowest BCUT2D eigenvalue weighted by molar-refractivity contribution is -0.863. The van der Waals surface area contributed by atoms with Crippen LogP contribution in [-0.4, -0.2) is 48.7 Å². The third kappa shape index (κ3) is 4.86. The molecule has 2 aromatic rings. The summed E-state index contributed by atoms with van der Waals surface area (Å²) in [6.07, 6.45) is 4.25. The molecule has 0 bridgehead atoms. The quantitative estimate of drug-likeness (QED) is 0.717. The van der Waals surface area contributed by atoms with E-state index < -0.39 is 0 Å². The van der Waals surface area contributed by atoms with Crippen LogP contribution in [0.3, 0.4) is 0 Å². The van der Waals surface area contributed by atoms with Crippen molar-refractivity contribution in [1.82, 2.24) is 10.3 Å². The van der Waals surface area contributed by atoms with Crippen molar-refractivity contribution in [1.29, 1.82) is 0 Å². The molecule has 152 valence electrons. The van der Waals surface area contributed by atoms with Crippen molar-refractivity contribution in [2.75, 3.05) is 20.1 Å². The minimum Gasteiger partial charge on any atom is -0.467 e. The normalized spacial score (nSPS) is 19.7. The maximum Gasteiger partial charge on any atom is 0.298 e. The molecule has 0 radical (unpaired) electrons. The van der Waals surface area contributed by atoms with E-state index in [0.29, 0.717) is 23.2 Å². The molecule has 0 spiro atoms. The van der Waals surface area contributed by atoms with Gasteiger partial charge in [0.25, 0.3) is 11.8 Å². The van der Waals surface area contributed by atoms with E-state index in [2.05, 4.69) is 10.4 Å². The molecule has 2 atom stereocenters. The highest BCUT2D eigenvalue weighted by molar-refractivity contribution is 6.30. The van der Waals surface area contributed by atoms with Gasteiger partial charge < -0.3 is 14.6 Å². The summed E-state index contributed by atoms with van der Waals surface area (Å²) in [6.45, 7) is 0.432. The molecular formula is C21H24ClN4O3+. The molecular weight excluding hydrogens is 392 g/mol. The maximum absolute atomic E-state index is 13.0. The van der Waals surface area contributed by atoms with Crippen LogP contribution in [0.15, 0.2) is 52.2 Å². The molecule has 1 aliphatic heterocycles. The van der Waals surface area contributed by atoms with Crippen LogP contribution < -0.4 is 10.2 Å². The number of hydrogen-bond acceptors (Lipinski definition) is 4. The first-order valence-corrected chi connectivity index (χ1v) is 10.2. The van der Waals surface area contributed by atoms with Crippen LogP contribution in [0.4, 0.5) is 0 Å². The van der Waals surface area contributed by atoms with Crippen LogP contribution in [0.1, 0.15) is 36.6 Å². The van der Waals surface area contributed by atoms with Gasteiger partial charge in [0.05, 0.1) is 19.0 Å². The van der Waals surface area contributed by atoms with E-state index in [4.69, 9.17) is 16.0 Å². The second kappa shape index (κ2) is 8.39. The zero-order chi connectivity index (χ0) is 20.4. The number of halogens is 1. The lowest BCUT2D eigenvalue weighted by Gasteiger charge is -2.21. The van der Waals surface area contributed by atoms with Gasteiger partial charge in [0.1, 0.15) is 11.8 Å². The van der Waals surface area contributed by atoms with E-state index in [1.807, 2.05) is 37.4 Å². The fourth-order valence-electron chi connectivity index (χ4n) is 3.44. The number of nitrogens with one attached hydrogen (secondary N) is 2. The SMILES string of the molecule is C[NH+](CC(=O)NC1CC1)CC(=O)N1N=C(c2ccc(Cl)cc2)C[C@@H]1c1ccco1. The zero-order valence-electron chi connectivity index (χ0n) is 16.2. The average Bonchev–Trinajstić information content (AvgIpc) is 3.17. The number of likely N-dealkylation sites (N-methyl/N-ethyl adjacent to an activating group) is 1. The predicted molar refractivity (Wildman–Crippen MR) is 109 cm³/mol. The lowest BCUT2D eigenvalue weighted by Crippen LogP contribution is -3.11. The molecule has 2 aliphatic rings. The van der Waals surface area contributed by atoms with Crippen molar-refractivity contribution in [3.63, 3.8) is 0 Å². The van der Waals surface area contributed by atoms with Gasteiger partial charge in [-0.05, 0) is 42.7 Å². The number of quaternary nitrogens is 1. The third-order valence-corrected chi connectivity index (χ3v) is 5.32. The van der Waals surface area contributed by atoms with Gasteiger partial charge in [-0.25, -0.2) is 5.01 Å². The third-order valence-electron chi connectivity index (χ3n) is 5.07. The maximum atomic E-state index is 13.0. The highest BCUT2D eigenvalue weighted by atomic mass is 35.5. The average molecular weight is 416 g/mol. The van der Waals surface area contributed by atoms with E-state index in [1.165, 1.54) is 5.01 Å². The van der Waals surface area contributed by atoms with Crippen LogP contribution in [0.2, 0.25) is 5.02 Å². The molecule has 2 amide bonds. The molecule has 29 heavy (non-hydrogen) atoms. The molecule has 1 aromatic heterocycles. The van der Waals surface area contributed by atoms with Crippen LogP contribution in [0.25, 0.3) is 0 Å². The summed E-state index contributed by atoms with van der Waals surface area (Å²) in [4.78, 5) is 25.8. The van der Waals surface area contributed by atoms with Crippen molar-refractivity contribution >= 4 is 29.1 Å². The number of carbonyl (C=O) groups is 2. The number of carbonyl (C=O) groups excluding carboxylic acids is 2. The Labute approximate surface area is 174 Å². The van der Waals surface area contributed by atoms with Crippen molar-refractivity contribution in [2.24, 2.45) is 5.10 Å². The Bertz CT molecular complexity index is 907. The first-order chi connectivity index (χ1) is 14.0. The Morgan fingerprint density at radius 1 is 1.24 bits per heavy atom. The molecule has 1 aromatic carbocycles. The molecule has 4 rings (SSSR count). The van der Waals surface area contributed by atoms with E-state index in [0.717, 1.165) is 29.0 Å². The van der Waals surface area contributed by atoms with Gasteiger partial charge >= 0.3 is 0 Å². The van der Waals surface area contributed by atoms with Crippen LogP contribution >= 0.6 is 11.6 Å². The summed E-state index contributed by atoms with van der Waals surface area (Å²) in [5, 5.41) is 9.69. The first kappa shape index (κ1) is 19.7. The molecule has 1 saturated carbocycles. The van der Waals surface area contributed by atoms with E-state index in [9.17, 15) is 9.59 Å². The molecule has 1 fully saturated rings. The number of hydrazone groups is 1. The Balaban J connectivity index is 1.47. The second-order valence-electron chi connectivity index (χ2n) is 7.68. The fraction of sp³-hybridized carbons (Fsp3) is 0.381. The molecule has 1 unspecified atom stereocenters. The Kier molecular flexibility index (Phi) is 5.69. The number of benzene rings is 1. The molecule has 1 aliphatic carbocycles. The van der Waals surface area contributed by atoms with Gasteiger partial charge in [0.15, 0.2) is 13.1 Å². The number of amides is 2. The molecule has 8 heteroatoms. The molecule has 0 saturated heterocycles. The number of hydrogen-bond donors (Lipinski definition) is 2. The minimum absolute atomic E-state index is 0.0211. The molecule has 2 heterocycles. The second-order valence-corrected chi connectivity index (χ2v) is 8.12. The monoisotopic (exact) mass is 415 g/mol. The van der Waals surface area contributed by atoms with E-state index in [1.54, 1.807) is 12.3 Å². The van der Waals surface area contributed by atoms with Gasteiger partial charge in [0, 0.05) is 17.5 Å². The summed E-state index contributed by atoms with van der Waals surface area (Å²) in [6, 6.07) is 11.1. The smallest absolute Gasteiger partial charge is 0.298 e. The van der Waals surface area contributed by atoms with E-state index in [-0.39, 0.29) is 30.9 Å². The Morgan fingerprint density at radius 3 is 2.66 bits per heavy atom. The van der Waals surface area contributed by atoms with Crippen LogP contribution in [0.5, 0.6) is 0 Å². The summed E-state index contributed by atoms with van der Waals surface area (Å²) < 4.78 is 5.56. The van der Waals surface area contributed by atoms with Gasteiger partial charge in [-0.3, -0.25) is 9.59 Å². The Hall–Kier alpha value is -2.64. The van der Waals surface area contributed by atoms with Crippen LogP contribution in [-0.2, 0) is 9.59 Å². The summed E-state index contributed by atoms with van der Waals surface area (Å²) in [7, 11) is 1.84. The van der Waals surface area contributed by atoms with Gasteiger partial charge in [-0.1, -0.05) is 23.7 Å². The predicted octanol–water partition coefficient (Wildman–Crippen LogP) is 1.40. The Morgan fingerprint density at radius 2 is 2.00 bits per heavy atom. The fourth-order valence-corrected chi connectivity index (χ4v) is 3.57. The standard InChI is InChI=1S/C21H23ClN4O3/c1-25(12-20(27)23-16-8-9-16)13-21(28)26-18(19-3-2-10-29-19)11-17(24-26)14-4-6-15(22)7-5-14/h2-7,10,16,18H,8-9,11-13H2,1H3,(H,23,27)/p+1/t18-/m1/s1. The largest absolute Gasteiger partial charge is 0.467 e. The number of nitrogens with zero attached hydrogens (tertiary/aromatic N) is 2. The minimum atomic E-state index is -0.295. The molecule has 7 nitrogen and oxygen atoms in total. The van der Waals surface area contributed by atoms with E-state index >= 15 is 0 Å². The zero-order valence-corrected chi connectivity index (χ0v) is 17.0. The summed E-state index contributed by atoms with van der Waals surface area (Å²) in [5.41, 5.74) is 1.73. The van der Waals surface area contributed by atoms with Gasteiger partial charge in [-0.15, -0.1) is 0 Å². The van der Waals surface area contributed by atoms with Crippen molar-refractivity contribution < 1.29 is 18.9 Å². The molecule has 2 N–H and O–H groups in total. The summed E-state index contributed by atoms with van der Waals surface area (Å²) >= 11 is 5.99. The highest BCUT2D eigenvalue weighted by Gasteiger charge is 2.36. The number of rotatable bonds is 7. The lowest BCUT2D eigenvalue weighted by atomic mass is 10.0. The topological polar surface area (TPSA) is 79.4 Å². The number of furan rings is 1. The van der Waals surface area contributed by atoms with Crippen molar-refractivity contribution in [3.8, 4) is 0 Å². The van der Waals surface area contributed by atoms with Gasteiger partial charge in [0.2, 0.25) is 0 Å². The van der Waals surface area contributed by atoms with Crippen LogP contribution in [0, 0.1) is 0 Å². The van der Waals surface area contributed by atoms with Crippen molar-refractivity contribution in [3.05, 3.63) is 59.0 Å². The highest BCUT2D eigenvalue weighted by Crippen LogP contribution is 2.33. The van der Waals surface area contributed by atoms with Crippen molar-refractivity contribution in [2.45, 2.75) is 31.3 Å². The first-order valence-electron chi connectivity index (χ1n) is 9.79. The van der Waals surface area contributed by atoms with Gasteiger partial charge in [-0.2, -0.15) is 5.10 Å². The summed E-state index contributed by atoms with van der Waals surface area (Å²) in [5.74, 6) is 0.523.